The van der Waals surface area contributed by atoms with Gasteiger partial charge in [0, 0.05) is 22.2 Å². The number of carbonyl (C=O) groups excluding carboxylic acids is 1. The quantitative estimate of drug-likeness (QED) is 0.704. The van der Waals surface area contributed by atoms with E-state index < -0.39 is 0 Å². The molecule has 0 saturated heterocycles. The fourth-order valence-electron chi connectivity index (χ4n) is 2.46. The number of benzene rings is 1. The molecule has 0 bridgehead atoms. The van der Waals surface area contributed by atoms with Gasteiger partial charge in [-0.1, -0.05) is 0 Å². The molecule has 0 unspecified atom stereocenters. The van der Waals surface area contributed by atoms with Crippen LogP contribution in [0.1, 0.15) is 35.0 Å². The van der Waals surface area contributed by atoms with E-state index in [2.05, 4.69) is 4.98 Å². The second-order valence-electron chi connectivity index (χ2n) is 4.25. The molecule has 0 saturated carbocycles. The summed E-state index contributed by atoms with van der Waals surface area (Å²) in [5.74, 6) is 0.143. The summed E-state index contributed by atoms with van der Waals surface area (Å²) in [4.78, 5) is 14.7. The first-order valence-electron chi connectivity index (χ1n) is 5.40. The number of aryl methyl sites for hydroxylation is 2. The first-order valence-corrected chi connectivity index (χ1v) is 5.40. The molecule has 2 nitrogen and oxygen atoms in total. The van der Waals surface area contributed by atoms with Crippen LogP contribution in [0.5, 0.6) is 0 Å². The maximum absolute atomic E-state index is 11.3. The van der Waals surface area contributed by atoms with Gasteiger partial charge in [-0.25, -0.2) is 0 Å². The van der Waals surface area contributed by atoms with Crippen molar-refractivity contribution >= 4 is 16.7 Å². The number of aromatic amines is 1. The van der Waals surface area contributed by atoms with E-state index in [1.54, 1.807) is 6.92 Å². The number of ketones is 1. The van der Waals surface area contributed by atoms with Crippen molar-refractivity contribution in [2.45, 2.75) is 26.2 Å². The number of rotatable bonds is 1. The topological polar surface area (TPSA) is 32.9 Å². The van der Waals surface area contributed by atoms with E-state index in [0.29, 0.717) is 0 Å². The van der Waals surface area contributed by atoms with Crippen LogP contribution in [0.3, 0.4) is 0 Å². The molecule has 1 aromatic heterocycles. The van der Waals surface area contributed by atoms with E-state index in [1.807, 2.05) is 18.2 Å². The van der Waals surface area contributed by atoms with E-state index in [4.69, 9.17) is 0 Å². The Kier molecular flexibility index (Phi) is 1.72. The lowest BCUT2D eigenvalue weighted by molar-refractivity contribution is 0.101. The van der Waals surface area contributed by atoms with Crippen LogP contribution in [0.25, 0.3) is 10.9 Å². The maximum atomic E-state index is 11.3. The number of aromatic nitrogens is 1. The van der Waals surface area contributed by atoms with Crippen molar-refractivity contribution in [3.8, 4) is 0 Å². The Hall–Kier alpha value is -1.57. The highest BCUT2D eigenvalue weighted by Gasteiger charge is 2.17. The molecule has 0 spiro atoms. The van der Waals surface area contributed by atoms with E-state index in [-0.39, 0.29) is 5.78 Å². The lowest BCUT2D eigenvalue weighted by Crippen LogP contribution is -1.91. The van der Waals surface area contributed by atoms with Crippen LogP contribution in [0.4, 0.5) is 0 Å². The van der Waals surface area contributed by atoms with Crippen molar-refractivity contribution in [1.29, 1.82) is 0 Å². The first-order chi connectivity index (χ1) is 7.25. The SMILES string of the molecule is CC(=O)c1ccc2[nH]c3c(c2c1)CCC3. The minimum Gasteiger partial charge on any atom is -0.358 e. The minimum absolute atomic E-state index is 0.143. The fourth-order valence-corrected chi connectivity index (χ4v) is 2.46. The molecule has 0 aliphatic heterocycles. The van der Waals surface area contributed by atoms with E-state index in [1.165, 1.54) is 28.6 Å². The molecule has 76 valence electrons. The summed E-state index contributed by atoms with van der Waals surface area (Å²) in [5.41, 5.74) is 4.78. The highest BCUT2D eigenvalue weighted by atomic mass is 16.1. The number of nitrogens with one attached hydrogen (secondary N) is 1. The van der Waals surface area contributed by atoms with Crippen LogP contribution in [0.15, 0.2) is 18.2 Å². The Balaban J connectivity index is 2.29. The zero-order valence-corrected chi connectivity index (χ0v) is 8.76. The minimum atomic E-state index is 0.143. The summed E-state index contributed by atoms with van der Waals surface area (Å²) < 4.78 is 0. The van der Waals surface area contributed by atoms with Crippen molar-refractivity contribution in [3.63, 3.8) is 0 Å². The molecule has 1 aliphatic carbocycles. The number of H-pyrrole nitrogens is 1. The van der Waals surface area contributed by atoms with Gasteiger partial charge in [0.05, 0.1) is 0 Å². The first kappa shape index (κ1) is 8.72. The maximum Gasteiger partial charge on any atom is 0.159 e. The smallest absolute Gasteiger partial charge is 0.159 e. The standard InChI is InChI=1S/C13H13NO/c1-8(15)9-5-6-13-11(7-9)10-3-2-4-12(10)14-13/h5-7,14H,2-4H2,1H3. The lowest BCUT2D eigenvalue weighted by atomic mass is 10.1. The molecule has 0 atom stereocenters. The molecule has 2 aromatic rings. The van der Waals surface area contributed by atoms with Crippen LogP contribution >= 0.6 is 0 Å². The van der Waals surface area contributed by atoms with Gasteiger partial charge < -0.3 is 4.98 Å². The molecule has 0 radical (unpaired) electrons. The average molecular weight is 199 g/mol. The van der Waals surface area contributed by atoms with Crippen molar-refractivity contribution in [2.24, 2.45) is 0 Å². The number of hydrogen-bond acceptors (Lipinski definition) is 1. The molecule has 2 heteroatoms. The second-order valence-corrected chi connectivity index (χ2v) is 4.25. The molecule has 1 N–H and O–H groups in total. The van der Waals surface area contributed by atoms with Crippen LogP contribution in [-0.2, 0) is 12.8 Å². The summed E-state index contributed by atoms with van der Waals surface area (Å²) >= 11 is 0. The van der Waals surface area contributed by atoms with Gasteiger partial charge in [-0.3, -0.25) is 4.79 Å². The molecule has 15 heavy (non-hydrogen) atoms. The Morgan fingerprint density at radius 1 is 1.33 bits per heavy atom. The third-order valence-electron chi connectivity index (χ3n) is 3.25. The van der Waals surface area contributed by atoms with Gasteiger partial charge in [0.1, 0.15) is 0 Å². The van der Waals surface area contributed by atoms with E-state index >= 15 is 0 Å². The predicted octanol–water partition coefficient (Wildman–Crippen LogP) is 2.86. The summed E-state index contributed by atoms with van der Waals surface area (Å²) in [6.07, 6.45) is 3.54. The molecular formula is C13H13NO. The molecule has 3 rings (SSSR count). The number of carbonyl (C=O) groups is 1. The molecule has 0 amide bonds. The summed E-state index contributed by atoms with van der Waals surface area (Å²) in [6.45, 7) is 1.62. The van der Waals surface area contributed by atoms with Crippen molar-refractivity contribution in [2.75, 3.05) is 0 Å². The summed E-state index contributed by atoms with van der Waals surface area (Å²) in [7, 11) is 0. The van der Waals surface area contributed by atoms with Gasteiger partial charge in [-0.05, 0) is 49.9 Å². The molecule has 1 heterocycles. The zero-order chi connectivity index (χ0) is 10.4. The van der Waals surface area contributed by atoms with E-state index in [9.17, 15) is 4.79 Å². The van der Waals surface area contributed by atoms with Gasteiger partial charge in [0.25, 0.3) is 0 Å². The van der Waals surface area contributed by atoms with Crippen molar-refractivity contribution < 1.29 is 4.79 Å². The van der Waals surface area contributed by atoms with Gasteiger partial charge in [0.15, 0.2) is 5.78 Å². The van der Waals surface area contributed by atoms with Crippen molar-refractivity contribution in [3.05, 3.63) is 35.0 Å². The van der Waals surface area contributed by atoms with Crippen LogP contribution in [0, 0.1) is 0 Å². The fraction of sp³-hybridized carbons (Fsp3) is 0.308. The Morgan fingerprint density at radius 3 is 3.00 bits per heavy atom. The number of Topliss-reactive ketones (excluding diaryl/α,β-unsaturated/α-hetero) is 1. The van der Waals surface area contributed by atoms with Crippen molar-refractivity contribution in [1.82, 2.24) is 4.98 Å². The third kappa shape index (κ3) is 1.21. The Morgan fingerprint density at radius 2 is 2.20 bits per heavy atom. The zero-order valence-electron chi connectivity index (χ0n) is 8.76. The average Bonchev–Trinajstić information content (AvgIpc) is 2.75. The Bertz CT molecular complexity index is 551. The van der Waals surface area contributed by atoms with Gasteiger partial charge in [0.2, 0.25) is 0 Å². The molecule has 0 fully saturated rings. The van der Waals surface area contributed by atoms with Crippen LogP contribution < -0.4 is 0 Å². The summed E-state index contributed by atoms with van der Waals surface area (Å²) in [5, 5.41) is 1.25. The molecule has 1 aromatic carbocycles. The predicted molar refractivity (Wildman–Crippen MR) is 60.3 cm³/mol. The number of hydrogen-bond donors (Lipinski definition) is 1. The Labute approximate surface area is 88.3 Å². The molecule has 1 aliphatic rings. The highest BCUT2D eigenvalue weighted by molar-refractivity contribution is 5.99. The van der Waals surface area contributed by atoms with Gasteiger partial charge in [-0.2, -0.15) is 0 Å². The number of fused-ring (bicyclic) bond motifs is 3. The third-order valence-corrected chi connectivity index (χ3v) is 3.25. The largest absolute Gasteiger partial charge is 0.358 e. The summed E-state index contributed by atoms with van der Waals surface area (Å²) in [6, 6.07) is 5.94. The molecular weight excluding hydrogens is 186 g/mol. The highest BCUT2D eigenvalue weighted by Crippen LogP contribution is 2.30. The normalized spacial score (nSPS) is 14.5. The lowest BCUT2D eigenvalue weighted by Gasteiger charge is -1.97. The monoisotopic (exact) mass is 199 g/mol. The van der Waals surface area contributed by atoms with E-state index in [0.717, 1.165) is 18.4 Å². The van der Waals surface area contributed by atoms with Gasteiger partial charge in [-0.15, -0.1) is 0 Å². The van der Waals surface area contributed by atoms with Crippen LogP contribution in [-0.4, -0.2) is 10.8 Å². The second kappa shape index (κ2) is 2.96. The van der Waals surface area contributed by atoms with Crippen LogP contribution in [0.2, 0.25) is 0 Å². The van der Waals surface area contributed by atoms with Gasteiger partial charge >= 0.3 is 0 Å².